The van der Waals surface area contributed by atoms with Gasteiger partial charge in [-0.05, 0) is 44.0 Å². The highest BCUT2D eigenvalue weighted by Gasteiger charge is 2.18. The number of nitrogens with two attached hydrogens (primary N) is 1. The van der Waals surface area contributed by atoms with Crippen LogP contribution in [0.5, 0.6) is 0 Å². The number of nitro benzene ring substituents is 1. The molecule has 7 nitrogen and oxygen atoms in total. The van der Waals surface area contributed by atoms with E-state index in [9.17, 15) is 14.9 Å². The molecule has 1 saturated heterocycles. The highest BCUT2D eigenvalue weighted by Crippen LogP contribution is 2.25. The topological polar surface area (TPSA) is 110 Å². The minimum Gasteiger partial charge on any atom is -0.379 e. The molecule has 1 unspecified atom stereocenters. The minimum absolute atomic E-state index is 0.120. The highest BCUT2D eigenvalue weighted by atomic mass is 16.6. The Hall–Kier alpha value is -2.15. The van der Waals surface area contributed by atoms with E-state index in [1.807, 2.05) is 0 Å². The van der Waals surface area contributed by atoms with E-state index >= 15 is 0 Å². The molecule has 4 N–H and O–H groups in total. The van der Waals surface area contributed by atoms with Gasteiger partial charge in [-0.2, -0.15) is 0 Å². The first kappa shape index (κ1) is 14.3. The predicted octanol–water partition coefficient (Wildman–Crippen LogP) is 1.11. The molecule has 1 fully saturated rings. The molecule has 0 aliphatic carbocycles. The van der Waals surface area contributed by atoms with Crippen LogP contribution >= 0.6 is 0 Å². The van der Waals surface area contributed by atoms with E-state index in [1.54, 1.807) is 0 Å². The molecule has 1 amide bonds. The van der Waals surface area contributed by atoms with Gasteiger partial charge in [0.05, 0.1) is 4.92 Å². The normalized spacial score (nSPS) is 17.9. The number of benzene rings is 1. The molecule has 0 saturated carbocycles. The van der Waals surface area contributed by atoms with Crippen molar-refractivity contribution in [2.45, 2.75) is 12.8 Å². The lowest BCUT2D eigenvalue weighted by Crippen LogP contribution is -2.14. The highest BCUT2D eigenvalue weighted by molar-refractivity contribution is 5.94. The first-order valence-electron chi connectivity index (χ1n) is 6.60. The molecule has 0 bridgehead atoms. The van der Waals surface area contributed by atoms with Crippen molar-refractivity contribution in [1.29, 1.82) is 0 Å². The van der Waals surface area contributed by atoms with Crippen molar-refractivity contribution in [3.8, 4) is 0 Å². The summed E-state index contributed by atoms with van der Waals surface area (Å²) < 4.78 is 0. The lowest BCUT2D eigenvalue weighted by atomic mass is 10.1. The summed E-state index contributed by atoms with van der Waals surface area (Å²) >= 11 is 0. The lowest BCUT2D eigenvalue weighted by Gasteiger charge is -2.11. The van der Waals surface area contributed by atoms with Crippen molar-refractivity contribution in [3.63, 3.8) is 0 Å². The first-order chi connectivity index (χ1) is 9.58. The summed E-state index contributed by atoms with van der Waals surface area (Å²) in [5.74, 6) is -0.0527. The molecular weight excluding hydrogens is 260 g/mol. The Morgan fingerprint density at radius 2 is 2.35 bits per heavy atom. The van der Waals surface area contributed by atoms with E-state index in [4.69, 9.17) is 5.73 Å². The average Bonchev–Trinajstić information content (AvgIpc) is 2.91. The van der Waals surface area contributed by atoms with Crippen LogP contribution in [0.4, 0.5) is 11.4 Å². The van der Waals surface area contributed by atoms with E-state index in [-0.39, 0.29) is 11.3 Å². The third kappa shape index (κ3) is 3.45. The predicted molar refractivity (Wildman–Crippen MR) is 75.7 cm³/mol. The van der Waals surface area contributed by atoms with Crippen LogP contribution < -0.4 is 16.4 Å². The second-order valence-electron chi connectivity index (χ2n) is 4.93. The summed E-state index contributed by atoms with van der Waals surface area (Å²) in [5.41, 5.74) is 5.57. The van der Waals surface area contributed by atoms with Crippen LogP contribution in [0.25, 0.3) is 0 Å². The summed E-state index contributed by atoms with van der Waals surface area (Å²) in [5, 5.41) is 17.4. The van der Waals surface area contributed by atoms with E-state index in [0.29, 0.717) is 18.2 Å². The Morgan fingerprint density at radius 1 is 1.55 bits per heavy atom. The van der Waals surface area contributed by atoms with Crippen molar-refractivity contribution in [2.75, 3.05) is 25.0 Å². The Bertz CT molecular complexity index is 512. The van der Waals surface area contributed by atoms with Crippen LogP contribution in [0.15, 0.2) is 18.2 Å². The summed E-state index contributed by atoms with van der Waals surface area (Å²) in [4.78, 5) is 21.6. The molecule has 1 aromatic rings. The Labute approximate surface area is 116 Å². The van der Waals surface area contributed by atoms with Gasteiger partial charge in [0.25, 0.3) is 5.69 Å². The van der Waals surface area contributed by atoms with Crippen molar-refractivity contribution in [1.82, 2.24) is 5.32 Å². The number of nitro groups is 1. The van der Waals surface area contributed by atoms with Crippen molar-refractivity contribution in [3.05, 3.63) is 33.9 Å². The number of carbonyl (C=O) groups excluding carboxylic acids is 1. The van der Waals surface area contributed by atoms with Gasteiger partial charge in [0.1, 0.15) is 5.69 Å². The van der Waals surface area contributed by atoms with E-state index in [0.717, 1.165) is 25.9 Å². The van der Waals surface area contributed by atoms with Gasteiger partial charge in [-0.15, -0.1) is 0 Å². The smallest absolute Gasteiger partial charge is 0.293 e. The Morgan fingerprint density at radius 3 is 2.95 bits per heavy atom. The molecule has 1 atom stereocenters. The fraction of sp³-hybridized carbons (Fsp3) is 0.462. The van der Waals surface area contributed by atoms with Gasteiger partial charge in [-0.3, -0.25) is 14.9 Å². The fourth-order valence-electron chi connectivity index (χ4n) is 2.36. The molecular formula is C13H18N4O3. The number of nitrogens with one attached hydrogen (secondary N) is 2. The molecule has 1 aliphatic heterocycles. The summed E-state index contributed by atoms with van der Waals surface area (Å²) in [6, 6.07) is 4.24. The van der Waals surface area contributed by atoms with Gasteiger partial charge < -0.3 is 16.4 Å². The maximum atomic E-state index is 11.0. The van der Waals surface area contributed by atoms with Crippen LogP contribution in [0.3, 0.4) is 0 Å². The van der Waals surface area contributed by atoms with E-state index in [2.05, 4.69) is 10.6 Å². The van der Waals surface area contributed by atoms with Gasteiger partial charge in [0, 0.05) is 18.2 Å². The van der Waals surface area contributed by atoms with Gasteiger partial charge in [0.15, 0.2) is 0 Å². The number of primary amides is 1. The lowest BCUT2D eigenvalue weighted by molar-refractivity contribution is -0.384. The minimum atomic E-state index is -0.670. The standard InChI is InChI=1S/C13H18N4O3/c14-13(18)10-1-2-11(12(7-10)17(19)20)16-6-4-9-3-5-15-8-9/h1-2,7,9,15-16H,3-6,8H2,(H2,14,18). The number of anilines is 1. The van der Waals surface area contributed by atoms with Crippen molar-refractivity contribution < 1.29 is 9.72 Å². The second kappa shape index (κ2) is 6.33. The molecule has 1 aliphatic rings. The molecule has 0 spiro atoms. The third-order valence-corrected chi connectivity index (χ3v) is 3.51. The number of rotatable bonds is 6. The largest absolute Gasteiger partial charge is 0.379 e. The van der Waals surface area contributed by atoms with Crippen LogP contribution in [-0.4, -0.2) is 30.5 Å². The Balaban J connectivity index is 2.02. The number of hydrogen-bond donors (Lipinski definition) is 3. The zero-order valence-electron chi connectivity index (χ0n) is 11.1. The third-order valence-electron chi connectivity index (χ3n) is 3.51. The van der Waals surface area contributed by atoms with Gasteiger partial charge in [0.2, 0.25) is 5.91 Å². The zero-order chi connectivity index (χ0) is 14.5. The van der Waals surface area contributed by atoms with Gasteiger partial charge >= 0.3 is 0 Å². The van der Waals surface area contributed by atoms with E-state index < -0.39 is 10.8 Å². The number of carbonyl (C=O) groups is 1. The maximum Gasteiger partial charge on any atom is 0.293 e. The van der Waals surface area contributed by atoms with Crippen LogP contribution in [0.2, 0.25) is 0 Å². The van der Waals surface area contributed by atoms with Gasteiger partial charge in [-0.25, -0.2) is 0 Å². The summed E-state index contributed by atoms with van der Waals surface area (Å²) in [7, 11) is 0. The van der Waals surface area contributed by atoms with Crippen LogP contribution in [0, 0.1) is 16.0 Å². The second-order valence-corrected chi connectivity index (χ2v) is 4.93. The van der Waals surface area contributed by atoms with Crippen molar-refractivity contribution >= 4 is 17.3 Å². The number of amides is 1. The van der Waals surface area contributed by atoms with Crippen LogP contribution in [0.1, 0.15) is 23.2 Å². The fourth-order valence-corrected chi connectivity index (χ4v) is 2.36. The quantitative estimate of drug-likeness (QED) is 0.533. The maximum absolute atomic E-state index is 11.0. The number of nitrogens with zero attached hydrogens (tertiary/aromatic N) is 1. The zero-order valence-corrected chi connectivity index (χ0v) is 11.1. The average molecular weight is 278 g/mol. The van der Waals surface area contributed by atoms with Crippen LogP contribution in [-0.2, 0) is 0 Å². The number of hydrogen-bond acceptors (Lipinski definition) is 5. The monoisotopic (exact) mass is 278 g/mol. The molecule has 1 aromatic carbocycles. The molecule has 2 rings (SSSR count). The molecule has 1 heterocycles. The Kier molecular flexibility index (Phi) is 4.52. The SMILES string of the molecule is NC(=O)c1ccc(NCCC2CCNC2)c([N+](=O)[O-])c1. The molecule has 108 valence electrons. The van der Waals surface area contributed by atoms with Gasteiger partial charge in [-0.1, -0.05) is 0 Å². The first-order valence-corrected chi connectivity index (χ1v) is 6.60. The molecule has 0 aromatic heterocycles. The summed E-state index contributed by atoms with van der Waals surface area (Å²) in [6.07, 6.45) is 2.10. The molecule has 7 heteroatoms. The molecule has 0 radical (unpaired) electrons. The summed E-state index contributed by atoms with van der Waals surface area (Å²) in [6.45, 7) is 2.71. The van der Waals surface area contributed by atoms with E-state index in [1.165, 1.54) is 18.2 Å². The van der Waals surface area contributed by atoms with Crippen molar-refractivity contribution in [2.24, 2.45) is 11.7 Å². The molecule has 20 heavy (non-hydrogen) atoms.